The van der Waals surface area contributed by atoms with Crippen molar-refractivity contribution in [3.63, 3.8) is 0 Å². The van der Waals surface area contributed by atoms with Crippen LogP contribution in [-0.2, 0) is 16.0 Å². The highest BCUT2D eigenvalue weighted by Crippen LogP contribution is 2.29. The van der Waals surface area contributed by atoms with E-state index < -0.39 is 0 Å². The van der Waals surface area contributed by atoms with E-state index in [1.807, 2.05) is 12.1 Å². The Hall–Kier alpha value is -1.13. The van der Waals surface area contributed by atoms with Gasteiger partial charge in [-0.15, -0.1) is 24.0 Å². The molecule has 0 bridgehead atoms. The molecule has 0 radical (unpaired) electrons. The van der Waals surface area contributed by atoms with Crippen LogP contribution in [0.25, 0.3) is 0 Å². The summed E-state index contributed by atoms with van der Waals surface area (Å²) in [6.45, 7) is 7.41. The zero-order chi connectivity index (χ0) is 19.4. The van der Waals surface area contributed by atoms with Gasteiger partial charge >= 0.3 is 0 Å². The average molecular weight is 518 g/mol. The van der Waals surface area contributed by atoms with Crippen LogP contribution in [-0.4, -0.2) is 56.6 Å². The number of nitrogens with zero attached hydrogens (tertiary/aromatic N) is 2. The van der Waals surface area contributed by atoms with Crippen molar-refractivity contribution in [2.75, 3.05) is 39.5 Å². The smallest absolute Gasteiger partial charge is 0.213 e. The van der Waals surface area contributed by atoms with Crippen LogP contribution in [0.3, 0.4) is 0 Å². The van der Waals surface area contributed by atoms with Gasteiger partial charge in [0.2, 0.25) is 5.88 Å². The van der Waals surface area contributed by atoms with Gasteiger partial charge in [-0.25, -0.2) is 9.98 Å². The van der Waals surface area contributed by atoms with Crippen molar-refractivity contribution in [3.8, 4) is 5.88 Å². The Morgan fingerprint density at radius 3 is 2.93 bits per heavy atom. The minimum absolute atomic E-state index is 0. The predicted octanol–water partition coefficient (Wildman–Crippen LogP) is 3.13. The molecule has 1 unspecified atom stereocenters. The lowest BCUT2D eigenvalue weighted by Gasteiger charge is -2.13. The number of rotatable bonds is 12. The van der Waals surface area contributed by atoms with Gasteiger partial charge in [0.25, 0.3) is 0 Å². The first-order valence-corrected chi connectivity index (χ1v) is 10.6. The molecule has 1 aromatic heterocycles. The van der Waals surface area contributed by atoms with Crippen LogP contribution in [0.5, 0.6) is 5.88 Å². The molecular formula is C21H35IN4O3. The number of ether oxygens (including phenoxy) is 3. The van der Waals surface area contributed by atoms with Gasteiger partial charge in [-0.1, -0.05) is 0 Å². The molecule has 1 aliphatic heterocycles. The second-order valence-electron chi connectivity index (χ2n) is 7.44. The van der Waals surface area contributed by atoms with E-state index in [4.69, 9.17) is 14.2 Å². The lowest BCUT2D eigenvalue weighted by atomic mass is 10.2. The van der Waals surface area contributed by atoms with Gasteiger partial charge in [0.15, 0.2) is 5.96 Å². The summed E-state index contributed by atoms with van der Waals surface area (Å²) < 4.78 is 17.0. The van der Waals surface area contributed by atoms with Crippen LogP contribution >= 0.6 is 24.0 Å². The second-order valence-corrected chi connectivity index (χ2v) is 7.44. The number of pyridine rings is 1. The Bertz CT molecular complexity index is 607. The van der Waals surface area contributed by atoms with Crippen molar-refractivity contribution in [2.45, 2.75) is 51.7 Å². The molecule has 7 nitrogen and oxygen atoms in total. The Balaban J connectivity index is 0.00000300. The molecule has 1 saturated carbocycles. The molecule has 2 heterocycles. The van der Waals surface area contributed by atoms with E-state index in [9.17, 15) is 0 Å². The van der Waals surface area contributed by atoms with Crippen LogP contribution in [0.15, 0.2) is 23.3 Å². The van der Waals surface area contributed by atoms with Gasteiger partial charge in [0.1, 0.15) is 0 Å². The van der Waals surface area contributed by atoms with Gasteiger partial charge in [-0.3, -0.25) is 0 Å². The van der Waals surface area contributed by atoms with Crippen molar-refractivity contribution < 1.29 is 14.2 Å². The maximum absolute atomic E-state index is 5.75. The van der Waals surface area contributed by atoms with Crippen molar-refractivity contribution in [2.24, 2.45) is 10.9 Å². The molecule has 0 spiro atoms. The third-order valence-corrected chi connectivity index (χ3v) is 4.81. The Kier molecular flexibility index (Phi) is 11.6. The molecule has 0 amide bonds. The van der Waals surface area contributed by atoms with Gasteiger partial charge in [-0.05, 0) is 56.6 Å². The summed E-state index contributed by atoms with van der Waals surface area (Å²) >= 11 is 0. The van der Waals surface area contributed by atoms with E-state index in [-0.39, 0.29) is 24.0 Å². The van der Waals surface area contributed by atoms with E-state index >= 15 is 0 Å². The fourth-order valence-electron chi connectivity index (χ4n) is 3.00. The molecule has 2 N–H and O–H groups in total. The lowest BCUT2D eigenvalue weighted by molar-refractivity contribution is 0.0168. The Morgan fingerprint density at radius 1 is 1.28 bits per heavy atom. The summed E-state index contributed by atoms with van der Waals surface area (Å²) in [7, 11) is 0. The number of aromatic nitrogens is 1. The second kappa shape index (κ2) is 14.0. The number of nitrogens with one attached hydrogen (secondary N) is 2. The first-order valence-electron chi connectivity index (χ1n) is 10.6. The summed E-state index contributed by atoms with van der Waals surface area (Å²) in [5.74, 6) is 2.24. The third kappa shape index (κ3) is 9.95. The van der Waals surface area contributed by atoms with E-state index in [0.717, 1.165) is 69.6 Å². The fraction of sp³-hybridized carbons (Fsp3) is 0.714. The highest BCUT2D eigenvalue weighted by atomic mass is 127. The van der Waals surface area contributed by atoms with E-state index in [0.29, 0.717) is 25.1 Å². The van der Waals surface area contributed by atoms with Gasteiger partial charge in [0.05, 0.1) is 25.9 Å². The van der Waals surface area contributed by atoms with Gasteiger partial charge in [-0.2, -0.15) is 0 Å². The fourth-order valence-corrected chi connectivity index (χ4v) is 3.00. The lowest BCUT2D eigenvalue weighted by Crippen LogP contribution is -2.38. The Morgan fingerprint density at radius 2 is 2.17 bits per heavy atom. The molecular weight excluding hydrogens is 483 g/mol. The standard InChI is InChI=1S/C21H34N4O3.HI/c1-2-22-21(24-9-4-11-26-16-19-5-3-12-27-19)25-14-18-8-10-23-20(13-18)28-15-17-6-7-17;/h8,10,13,17,19H,2-7,9,11-12,14-16H2,1H3,(H2,22,24,25);1H. The van der Waals surface area contributed by atoms with Gasteiger partial charge < -0.3 is 24.8 Å². The zero-order valence-electron chi connectivity index (χ0n) is 17.4. The van der Waals surface area contributed by atoms with Crippen LogP contribution in [0.2, 0.25) is 0 Å². The molecule has 1 aromatic rings. The highest BCUT2D eigenvalue weighted by molar-refractivity contribution is 14.0. The predicted molar refractivity (Wildman–Crippen MR) is 125 cm³/mol. The Labute approximate surface area is 191 Å². The molecule has 1 saturated heterocycles. The number of halogens is 1. The molecule has 1 aliphatic carbocycles. The molecule has 8 heteroatoms. The minimum Gasteiger partial charge on any atom is -0.477 e. The number of guanidine groups is 1. The van der Waals surface area contributed by atoms with Crippen molar-refractivity contribution in [1.29, 1.82) is 0 Å². The van der Waals surface area contributed by atoms with Crippen LogP contribution in [0, 0.1) is 5.92 Å². The van der Waals surface area contributed by atoms with E-state index in [1.165, 1.54) is 12.8 Å². The maximum atomic E-state index is 5.75. The van der Waals surface area contributed by atoms with Crippen molar-refractivity contribution >= 4 is 29.9 Å². The van der Waals surface area contributed by atoms with Crippen molar-refractivity contribution in [1.82, 2.24) is 15.6 Å². The molecule has 2 aliphatic rings. The topological polar surface area (TPSA) is 77.0 Å². The third-order valence-electron chi connectivity index (χ3n) is 4.81. The van der Waals surface area contributed by atoms with Crippen LogP contribution in [0.4, 0.5) is 0 Å². The maximum Gasteiger partial charge on any atom is 0.213 e. The molecule has 1 atom stereocenters. The summed E-state index contributed by atoms with van der Waals surface area (Å²) in [6, 6.07) is 3.96. The first-order chi connectivity index (χ1) is 13.8. The normalized spacial score (nSPS) is 18.9. The van der Waals surface area contributed by atoms with E-state index in [2.05, 4.69) is 27.5 Å². The van der Waals surface area contributed by atoms with Crippen molar-refractivity contribution in [3.05, 3.63) is 23.9 Å². The van der Waals surface area contributed by atoms with Crippen LogP contribution < -0.4 is 15.4 Å². The average Bonchev–Trinajstić information content (AvgIpc) is 3.40. The molecule has 29 heavy (non-hydrogen) atoms. The van der Waals surface area contributed by atoms with Gasteiger partial charge in [0, 0.05) is 38.6 Å². The minimum atomic E-state index is 0. The molecule has 164 valence electrons. The quantitative estimate of drug-likeness (QED) is 0.192. The summed E-state index contributed by atoms with van der Waals surface area (Å²) in [4.78, 5) is 8.95. The largest absolute Gasteiger partial charge is 0.477 e. The number of hydrogen-bond donors (Lipinski definition) is 2. The summed E-state index contributed by atoms with van der Waals surface area (Å²) in [6.07, 6.45) is 7.86. The van der Waals surface area contributed by atoms with Crippen LogP contribution in [0.1, 0.15) is 44.6 Å². The highest BCUT2D eigenvalue weighted by Gasteiger charge is 2.22. The van der Waals surface area contributed by atoms with E-state index in [1.54, 1.807) is 6.20 Å². The first kappa shape index (κ1) is 24.1. The monoisotopic (exact) mass is 518 g/mol. The zero-order valence-corrected chi connectivity index (χ0v) is 19.7. The summed E-state index contributed by atoms with van der Waals surface area (Å²) in [5.41, 5.74) is 1.10. The molecule has 3 rings (SSSR count). The number of hydrogen-bond acceptors (Lipinski definition) is 5. The summed E-state index contributed by atoms with van der Waals surface area (Å²) in [5, 5.41) is 6.65. The SMILES string of the molecule is CCNC(=NCc1ccnc(OCC2CC2)c1)NCCCOCC1CCCO1.I. The number of aliphatic imine (C=N–C) groups is 1. The molecule has 2 fully saturated rings. The molecule has 0 aromatic carbocycles.